The van der Waals surface area contributed by atoms with Gasteiger partial charge in [-0.2, -0.15) is 17.2 Å². The van der Waals surface area contributed by atoms with E-state index in [1.807, 2.05) is 65.3 Å². The Labute approximate surface area is 327 Å². The molecule has 0 atom stereocenters. The number of hydrogen-bond donors (Lipinski definition) is 0. The molecule has 0 unspecified atom stereocenters. The average molecular weight is 793 g/mol. The van der Waals surface area contributed by atoms with Crippen molar-refractivity contribution < 1.29 is 29.9 Å². The molecule has 264 valence electrons. The van der Waals surface area contributed by atoms with Crippen LogP contribution in [0, 0.1) is 26.0 Å². The van der Waals surface area contributed by atoms with E-state index in [0.717, 1.165) is 67.1 Å². The molecule has 0 saturated heterocycles. The fourth-order valence-electron chi connectivity index (χ4n) is 7.26. The van der Waals surface area contributed by atoms with Crippen LogP contribution in [-0.2, 0) is 20.4 Å². The summed E-state index contributed by atoms with van der Waals surface area (Å²) in [6.07, 6.45) is 1.75. The first-order valence-electron chi connectivity index (χ1n) is 17.5. The van der Waals surface area contributed by atoms with E-state index in [1.54, 1.807) is 13.3 Å². The molecule has 9 aromatic rings. The maximum atomic E-state index is 6.56. The molecular formula is C47H34N4O2Pd. The SMILES string of the molecule is COc1ccnc(-n2c3[c-]c(Oc4[c-]c(-n5nc(-c6ccccc6)c(-c6c(C)cccc6C)c5-c5ccccc5)ccc4)ccc3c3ccccc32)c1.[Pd+2]. The van der Waals surface area contributed by atoms with Gasteiger partial charge in [0, 0.05) is 46.0 Å². The van der Waals surface area contributed by atoms with E-state index in [-0.39, 0.29) is 20.4 Å². The maximum Gasteiger partial charge on any atom is 2.00 e. The van der Waals surface area contributed by atoms with Gasteiger partial charge in [0.25, 0.3) is 0 Å². The zero-order chi connectivity index (χ0) is 35.9. The summed E-state index contributed by atoms with van der Waals surface area (Å²) in [6.45, 7) is 4.34. The molecule has 7 heteroatoms. The predicted octanol–water partition coefficient (Wildman–Crippen LogP) is 11.4. The van der Waals surface area contributed by atoms with Crippen LogP contribution in [-0.4, -0.2) is 26.4 Å². The zero-order valence-corrected chi connectivity index (χ0v) is 31.4. The molecule has 3 heterocycles. The first-order valence-corrected chi connectivity index (χ1v) is 17.5. The number of rotatable bonds is 8. The average Bonchev–Trinajstić information content (AvgIpc) is 3.75. The third-order valence-corrected chi connectivity index (χ3v) is 9.65. The molecular weight excluding hydrogens is 759 g/mol. The fraction of sp³-hybridized carbons (Fsp3) is 0.0638. The maximum absolute atomic E-state index is 6.56. The Morgan fingerprint density at radius 2 is 1.30 bits per heavy atom. The van der Waals surface area contributed by atoms with Crippen molar-refractivity contribution in [2.75, 3.05) is 7.11 Å². The van der Waals surface area contributed by atoms with Crippen LogP contribution in [0.5, 0.6) is 17.2 Å². The number of ether oxygens (including phenoxy) is 2. The van der Waals surface area contributed by atoms with Gasteiger partial charge in [0.1, 0.15) is 17.3 Å². The number of aromatic nitrogens is 4. The molecule has 0 spiro atoms. The molecule has 6 aromatic carbocycles. The largest absolute Gasteiger partial charge is 2.00 e. The second-order valence-corrected chi connectivity index (χ2v) is 13.0. The van der Waals surface area contributed by atoms with Crippen molar-refractivity contribution in [3.05, 3.63) is 175 Å². The molecule has 0 aliphatic heterocycles. The molecule has 0 aliphatic carbocycles. The van der Waals surface area contributed by atoms with Crippen LogP contribution in [0.1, 0.15) is 11.1 Å². The van der Waals surface area contributed by atoms with E-state index in [4.69, 9.17) is 19.6 Å². The molecule has 0 bridgehead atoms. The van der Waals surface area contributed by atoms with Gasteiger partial charge in [-0.15, -0.1) is 35.7 Å². The molecule has 9 rings (SSSR count). The van der Waals surface area contributed by atoms with E-state index in [9.17, 15) is 0 Å². The van der Waals surface area contributed by atoms with Crippen molar-refractivity contribution >= 4 is 21.8 Å². The van der Waals surface area contributed by atoms with Crippen molar-refractivity contribution in [2.45, 2.75) is 13.8 Å². The van der Waals surface area contributed by atoms with Gasteiger partial charge in [-0.05, 0) is 53.7 Å². The van der Waals surface area contributed by atoms with Crippen LogP contribution < -0.4 is 9.47 Å². The summed E-state index contributed by atoms with van der Waals surface area (Å²) in [6, 6.07) is 56.4. The molecule has 3 aromatic heterocycles. The van der Waals surface area contributed by atoms with E-state index >= 15 is 0 Å². The zero-order valence-electron chi connectivity index (χ0n) is 29.9. The van der Waals surface area contributed by atoms with Gasteiger partial charge in [0.15, 0.2) is 0 Å². The van der Waals surface area contributed by atoms with Crippen LogP contribution >= 0.6 is 0 Å². The van der Waals surface area contributed by atoms with Crippen LogP contribution in [0.4, 0.5) is 0 Å². The topological polar surface area (TPSA) is 54.1 Å². The van der Waals surface area contributed by atoms with Gasteiger partial charge in [-0.3, -0.25) is 4.68 Å². The van der Waals surface area contributed by atoms with Crippen molar-refractivity contribution in [1.82, 2.24) is 19.3 Å². The minimum atomic E-state index is 0. The van der Waals surface area contributed by atoms with Gasteiger partial charge >= 0.3 is 20.4 Å². The van der Waals surface area contributed by atoms with Crippen molar-refractivity contribution in [2.24, 2.45) is 0 Å². The summed E-state index contributed by atoms with van der Waals surface area (Å²) in [7, 11) is 1.66. The van der Waals surface area contributed by atoms with Crippen LogP contribution in [0.25, 0.3) is 67.0 Å². The van der Waals surface area contributed by atoms with Crippen LogP contribution in [0.3, 0.4) is 0 Å². The predicted molar refractivity (Wildman–Crippen MR) is 212 cm³/mol. The normalized spacial score (nSPS) is 11.1. The Bertz CT molecular complexity index is 2750. The monoisotopic (exact) mass is 792 g/mol. The molecule has 0 amide bonds. The molecule has 0 fully saturated rings. The number of pyridine rings is 1. The summed E-state index contributed by atoms with van der Waals surface area (Å²) in [5.74, 6) is 2.57. The third kappa shape index (κ3) is 6.18. The molecule has 54 heavy (non-hydrogen) atoms. The van der Waals surface area contributed by atoms with E-state index in [1.165, 1.54) is 16.7 Å². The van der Waals surface area contributed by atoms with E-state index < -0.39 is 0 Å². The summed E-state index contributed by atoms with van der Waals surface area (Å²) in [5.41, 5.74) is 11.2. The van der Waals surface area contributed by atoms with Crippen molar-refractivity contribution in [3.63, 3.8) is 0 Å². The van der Waals surface area contributed by atoms with Gasteiger partial charge in [-0.25, -0.2) is 4.98 Å². The van der Waals surface area contributed by atoms with Crippen LogP contribution in [0.2, 0.25) is 0 Å². The number of nitrogens with zero attached hydrogens (tertiary/aromatic N) is 4. The second-order valence-electron chi connectivity index (χ2n) is 13.0. The minimum Gasteiger partial charge on any atom is -0.509 e. The van der Waals surface area contributed by atoms with Gasteiger partial charge in [0.2, 0.25) is 0 Å². The first-order chi connectivity index (χ1) is 26.1. The Morgan fingerprint density at radius 1 is 0.611 bits per heavy atom. The number of benzene rings is 6. The minimum absolute atomic E-state index is 0. The summed E-state index contributed by atoms with van der Waals surface area (Å²) < 4.78 is 16.2. The fourth-order valence-corrected chi connectivity index (χ4v) is 7.26. The number of fused-ring (bicyclic) bond motifs is 3. The summed E-state index contributed by atoms with van der Waals surface area (Å²) >= 11 is 0. The Hall–Kier alpha value is -6.26. The Balaban J connectivity index is 0.00000413. The number of para-hydroxylation sites is 1. The van der Waals surface area contributed by atoms with Crippen LogP contribution in [0.15, 0.2) is 152 Å². The summed E-state index contributed by atoms with van der Waals surface area (Å²) in [4.78, 5) is 4.69. The quantitative estimate of drug-likeness (QED) is 0.114. The second kappa shape index (κ2) is 14.6. The number of aryl methyl sites for hydroxylation is 2. The molecule has 0 radical (unpaired) electrons. The van der Waals surface area contributed by atoms with E-state index in [0.29, 0.717) is 11.5 Å². The molecule has 0 N–H and O–H groups in total. The van der Waals surface area contributed by atoms with E-state index in [2.05, 4.69) is 115 Å². The third-order valence-electron chi connectivity index (χ3n) is 9.65. The molecule has 6 nitrogen and oxygen atoms in total. The number of hydrogen-bond acceptors (Lipinski definition) is 4. The smallest absolute Gasteiger partial charge is 0.509 e. The Morgan fingerprint density at radius 3 is 2.06 bits per heavy atom. The Kier molecular flexibility index (Phi) is 9.43. The molecule has 0 aliphatic rings. The standard InChI is InChI=1S/C47H34N4O2.Pd/c1-31-14-12-15-32(2)44(31)45-46(33-16-6-4-7-17-33)49-51(47(45)34-18-8-5-9-19-34)35-20-13-21-37(28-35)53-38-24-25-40-39-22-10-11-23-41(39)50(42(40)29-38)43-30-36(52-3)26-27-48-43;/h4-27,30H,1-3H3;/q-2;+2. The van der Waals surface area contributed by atoms with Crippen molar-refractivity contribution in [3.8, 4) is 62.4 Å². The van der Waals surface area contributed by atoms with Gasteiger partial charge in [0.05, 0.1) is 12.8 Å². The summed E-state index contributed by atoms with van der Waals surface area (Å²) in [5, 5.41) is 7.51. The van der Waals surface area contributed by atoms with Gasteiger partial charge < -0.3 is 14.0 Å². The number of methoxy groups -OCH3 is 1. The molecule has 0 saturated carbocycles. The first kappa shape index (κ1) is 34.8. The van der Waals surface area contributed by atoms with Crippen molar-refractivity contribution in [1.29, 1.82) is 0 Å². The van der Waals surface area contributed by atoms with Gasteiger partial charge in [-0.1, -0.05) is 103 Å².